The van der Waals surface area contributed by atoms with E-state index in [1.54, 1.807) is 0 Å². The molecule has 0 aromatic rings. The molecule has 0 fully saturated rings. The Morgan fingerprint density at radius 2 is 0.628 bits per heavy atom. The summed E-state index contributed by atoms with van der Waals surface area (Å²) in [6.07, 6.45) is 87.0. The van der Waals surface area contributed by atoms with Gasteiger partial charge < -0.3 is 18.9 Å². The van der Waals surface area contributed by atoms with Gasteiger partial charge in [-0.1, -0.05) is 359 Å². The van der Waals surface area contributed by atoms with Gasteiger partial charge in [0.05, 0.1) is 27.7 Å². The average Bonchev–Trinajstić information content (AvgIpc) is 3.70. The second kappa shape index (κ2) is 67.6. The Morgan fingerprint density at radius 1 is 0.360 bits per heavy atom. The summed E-state index contributed by atoms with van der Waals surface area (Å²) in [6.45, 7) is 4.50. The summed E-state index contributed by atoms with van der Waals surface area (Å²) >= 11 is 0. The maximum atomic E-state index is 12.9. The van der Waals surface area contributed by atoms with Gasteiger partial charge in [0.1, 0.15) is 19.8 Å². The van der Waals surface area contributed by atoms with E-state index in [1.807, 2.05) is 21.1 Å². The minimum absolute atomic E-state index is 0.0349. The first-order chi connectivity index (χ1) is 42.0. The van der Waals surface area contributed by atoms with Gasteiger partial charge in [0.15, 0.2) is 6.10 Å². The number of hydrogen-bond donors (Lipinski definition) is 1. The average molecular weight is 1230 g/mol. The van der Waals surface area contributed by atoms with Crippen molar-refractivity contribution in [3.63, 3.8) is 0 Å². The fraction of sp³-hybridized carbons (Fsp3) is 0.895. The minimum atomic E-state index is -4.39. The van der Waals surface area contributed by atoms with Crippen molar-refractivity contribution in [2.75, 3.05) is 47.5 Å². The van der Waals surface area contributed by atoms with Crippen LogP contribution in [0, 0.1) is 0 Å². The van der Waals surface area contributed by atoms with Gasteiger partial charge >= 0.3 is 19.8 Å². The number of likely N-dealkylation sites (N-methyl/N-ethyl adjacent to an activating group) is 1. The number of unbranched alkanes of at least 4 members (excludes halogenated alkanes) is 51. The zero-order chi connectivity index (χ0) is 62.6. The zero-order valence-electron chi connectivity index (χ0n) is 58.1. The second-order valence-corrected chi connectivity index (χ2v) is 28.5. The number of ether oxygens (including phenoxy) is 2. The topological polar surface area (TPSA) is 108 Å². The van der Waals surface area contributed by atoms with Crippen molar-refractivity contribution in [1.29, 1.82) is 0 Å². The Morgan fingerprint density at radius 3 is 0.930 bits per heavy atom. The summed E-state index contributed by atoms with van der Waals surface area (Å²) < 4.78 is 34.8. The number of quaternary nitrogens is 1. The fourth-order valence-corrected chi connectivity index (χ4v) is 12.1. The van der Waals surface area contributed by atoms with E-state index in [1.165, 1.54) is 308 Å². The molecule has 0 aromatic carbocycles. The smallest absolute Gasteiger partial charge is 0.462 e. The number of nitrogens with zero attached hydrogens (tertiary/aromatic N) is 1. The predicted octanol–water partition coefficient (Wildman–Crippen LogP) is 24.6. The molecule has 0 saturated heterocycles. The van der Waals surface area contributed by atoms with Crippen molar-refractivity contribution >= 4 is 19.8 Å². The van der Waals surface area contributed by atoms with E-state index in [4.69, 9.17) is 18.5 Å². The minimum Gasteiger partial charge on any atom is -0.462 e. The number of rotatable bonds is 71. The highest BCUT2D eigenvalue weighted by molar-refractivity contribution is 7.47. The molecule has 0 rings (SSSR count). The molecule has 0 saturated carbocycles. The zero-order valence-corrected chi connectivity index (χ0v) is 59.0. The summed E-state index contributed by atoms with van der Waals surface area (Å²) in [7, 11) is 1.50. The molecule has 86 heavy (non-hydrogen) atoms. The van der Waals surface area contributed by atoms with Gasteiger partial charge in [0.25, 0.3) is 0 Å². The molecule has 2 atom stereocenters. The highest BCUT2D eigenvalue weighted by Crippen LogP contribution is 2.43. The lowest BCUT2D eigenvalue weighted by Gasteiger charge is -2.24. The van der Waals surface area contributed by atoms with Crippen LogP contribution in [0.1, 0.15) is 386 Å². The number of hydrogen-bond acceptors (Lipinski definition) is 7. The van der Waals surface area contributed by atoms with Gasteiger partial charge in [-0.2, -0.15) is 0 Å². The molecule has 0 amide bonds. The van der Waals surface area contributed by atoms with Gasteiger partial charge in [-0.3, -0.25) is 18.6 Å². The molecule has 0 spiro atoms. The van der Waals surface area contributed by atoms with Gasteiger partial charge in [0, 0.05) is 12.8 Å². The molecule has 0 radical (unpaired) electrons. The van der Waals surface area contributed by atoms with E-state index >= 15 is 0 Å². The van der Waals surface area contributed by atoms with Crippen LogP contribution >= 0.6 is 7.82 Å². The Balaban J connectivity index is 3.96. The first-order valence-corrected chi connectivity index (χ1v) is 39.2. The molecular weight excluding hydrogens is 1090 g/mol. The van der Waals surface area contributed by atoms with Crippen molar-refractivity contribution in [1.82, 2.24) is 0 Å². The van der Waals surface area contributed by atoms with Gasteiger partial charge in [-0.15, -0.1) is 0 Å². The van der Waals surface area contributed by atoms with Crippen molar-refractivity contribution in [3.8, 4) is 0 Å². The third-order valence-electron chi connectivity index (χ3n) is 17.2. The quantitative estimate of drug-likeness (QED) is 0.0211. The van der Waals surface area contributed by atoms with Crippen LogP contribution in [0.25, 0.3) is 0 Å². The molecular formula is C76H147NO8P+. The molecule has 0 aliphatic carbocycles. The third kappa shape index (κ3) is 71.3. The summed E-state index contributed by atoms with van der Waals surface area (Å²) in [5.74, 6) is -0.773. The molecule has 9 nitrogen and oxygen atoms in total. The number of phosphoric acid groups is 1. The van der Waals surface area contributed by atoms with Crippen LogP contribution in [-0.2, 0) is 32.7 Å². The summed E-state index contributed by atoms with van der Waals surface area (Å²) in [4.78, 5) is 35.9. The van der Waals surface area contributed by atoms with E-state index in [9.17, 15) is 19.0 Å². The Hall–Kier alpha value is -1.77. The van der Waals surface area contributed by atoms with E-state index < -0.39 is 26.5 Å². The van der Waals surface area contributed by atoms with E-state index in [2.05, 4.69) is 50.3 Å². The normalized spacial score (nSPS) is 13.2. The van der Waals surface area contributed by atoms with Crippen LogP contribution < -0.4 is 0 Å². The van der Waals surface area contributed by atoms with Crippen LogP contribution in [-0.4, -0.2) is 74.9 Å². The highest BCUT2D eigenvalue weighted by atomic mass is 31.2. The number of carbonyl (C=O) groups is 2. The maximum absolute atomic E-state index is 12.9. The van der Waals surface area contributed by atoms with Gasteiger partial charge in [-0.05, 0) is 51.4 Å². The number of esters is 2. The molecule has 2 unspecified atom stereocenters. The van der Waals surface area contributed by atoms with Crippen LogP contribution in [0.2, 0.25) is 0 Å². The Kier molecular flexibility index (Phi) is 66.2. The summed E-state index contributed by atoms with van der Waals surface area (Å²) in [5, 5.41) is 0. The fourth-order valence-electron chi connectivity index (χ4n) is 11.4. The Labute approximate surface area is 535 Å². The van der Waals surface area contributed by atoms with E-state index in [-0.39, 0.29) is 25.6 Å². The number of carbonyl (C=O) groups excluding carboxylic acids is 2. The molecule has 508 valence electrons. The lowest BCUT2D eigenvalue weighted by atomic mass is 10.0. The molecule has 0 aromatic heterocycles. The SMILES string of the molecule is CCCCCCC/C=C\C/C=C\C/C=C\CCCCCCCCCCCCCCCCCCCCC(=O)OC(COC(=O)CCCCCCCCCCCCCCCCCCCCCCCCCCCCCCC)COP(=O)(O)OCC[N+](C)(C)C. The molecule has 0 bridgehead atoms. The standard InChI is InChI=1S/C76H146NO8P/c1-6-8-10-12-14-16-18-20-22-24-26-28-30-32-34-36-37-38-39-41-43-45-47-49-51-53-55-57-59-61-63-65-67-69-76(79)85-74(73-84-86(80,81)83-71-70-77(3,4)5)72-82-75(78)68-66-64-62-60-58-56-54-52-50-48-46-44-42-40-35-33-31-29-27-25-23-21-19-17-15-13-11-9-7-2/h18,20,24,26,30,32,74H,6-17,19,21-23,25,27-29,31,33-73H2,1-5H3/p+1/b20-18-,26-24-,32-30-. The van der Waals surface area contributed by atoms with Crippen molar-refractivity contribution in [2.24, 2.45) is 0 Å². The Bertz CT molecular complexity index is 1540. The first kappa shape index (κ1) is 84.2. The third-order valence-corrected chi connectivity index (χ3v) is 18.2. The number of allylic oxidation sites excluding steroid dienone is 6. The molecule has 0 aliphatic rings. The number of phosphoric ester groups is 1. The summed E-state index contributed by atoms with van der Waals surface area (Å²) in [5.41, 5.74) is 0. The van der Waals surface area contributed by atoms with Crippen molar-refractivity contribution < 1.29 is 42.1 Å². The van der Waals surface area contributed by atoms with E-state index in [0.29, 0.717) is 23.9 Å². The predicted molar refractivity (Wildman–Crippen MR) is 372 cm³/mol. The lowest BCUT2D eigenvalue weighted by Crippen LogP contribution is -2.37. The first-order valence-electron chi connectivity index (χ1n) is 37.7. The van der Waals surface area contributed by atoms with Crippen molar-refractivity contribution in [2.45, 2.75) is 392 Å². The van der Waals surface area contributed by atoms with Gasteiger partial charge in [-0.25, -0.2) is 4.57 Å². The second-order valence-electron chi connectivity index (χ2n) is 27.0. The molecule has 10 heteroatoms. The van der Waals surface area contributed by atoms with Gasteiger partial charge in [0.2, 0.25) is 0 Å². The highest BCUT2D eigenvalue weighted by Gasteiger charge is 2.27. The van der Waals surface area contributed by atoms with Crippen LogP contribution in [0.4, 0.5) is 0 Å². The molecule has 0 heterocycles. The largest absolute Gasteiger partial charge is 0.472 e. The lowest BCUT2D eigenvalue weighted by molar-refractivity contribution is -0.870. The van der Waals surface area contributed by atoms with E-state index in [0.717, 1.165) is 44.9 Å². The summed E-state index contributed by atoms with van der Waals surface area (Å²) in [6, 6.07) is 0. The monoisotopic (exact) mass is 1230 g/mol. The van der Waals surface area contributed by atoms with Crippen LogP contribution in [0.3, 0.4) is 0 Å². The van der Waals surface area contributed by atoms with Crippen LogP contribution in [0.15, 0.2) is 36.5 Å². The van der Waals surface area contributed by atoms with Crippen molar-refractivity contribution in [3.05, 3.63) is 36.5 Å². The maximum Gasteiger partial charge on any atom is 0.472 e. The van der Waals surface area contributed by atoms with Crippen LogP contribution in [0.5, 0.6) is 0 Å². The molecule has 0 aliphatic heterocycles. The molecule has 1 N–H and O–H groups in total.